The Kier molecular flexibility index (Phi) is 4.66. The summed E-state index contributed by atoms with van der Waals surface area (Å²) in [6.45, 7) is 0. The van der Waals surface area contributed by atoms with Crippen LogP contribution in [0.5, 0.6) is 0 Å². The number of carbonyl (C=O) groups is 1. The number of benzene rings is 1. The molecule has 1 N–H and O–H groups in total. The molecule has 4 heteroatoms. The van der Waals surface area contributed by atoms with Crippen LogP contribution in [0, 0.1) is 11.3 Å². The van der Waals surface area contributed by atoms with Crippen molar-refractivity contribution in [1.82, 2.24) is 0 Å². The molecule has 1 aromatic carbocycles. The van der Waals surface area contributed by atoms with E-state index in [4.69, 9.17) is 5.26 Å². The largest absolute Gasteiger partial charge is 0.324 e. The summed E-state index contributed by atoms with van der Waals surface area (Å²) < 4.78 is 0. The van der Waals surface area contributed by atoms with E-state index in [2.05, 4.69) is 11.4 Å². The first-order valence-corrected chi connectivity index (χ1v) is 7.25. The van der Waals surface area contributed by atoms with Gasteiger partial charge in [-0.3, -0.25) is 4.79 Å². The molecule has 18 heavy (non-hydrogen) atoms. The van der Waals surface area contributed by atoms with Crippen LogP contribution in [0.4, 0.5) is 5.69 Å². The molecule has 0 heterocycles. The minimum absolute atomic E-state index is 0.0189. The zero-order valence-electron chi connectivity index (χ0n) is 10.2. The Bertz CT molecular complexity index is 461. The summed E-state index contributed by atoms with van der Waals surface area (Å²) in [4.78, 5) is 11.8. The Morgan fingerprint density at radius 1 is 1.39 bits per heavy atom. The molecule has 0 saturated heterocycles. The molecule has 1 amide bonds. The maximum Gasteiger partial charge on any atom is 0.234 e. The smallest absolute Gasteiger partial charge is 0.234 e. The first kappa shape index (κ1) is 13.0. The van der Waals surface area contributed by atoms with E-state index >= 15 is 0 Å². The van der Waals surface area contributed by atoms with E-state index in [0.29, 0.717) is 22.3 Å². The van der Waals surface area contributed by atoms with E-state index in [1.807, 2.05) is 6.07 Å². The zero-order valence-corrected chi connectivity index (χ0v) is 11.0. The molecule has 0 atom stereocenters. The van der Waals surface area contributed by atoms with Crippen molar-refractivity contribution in [1.29, 1.82) is 5.26 Å². The lowest BCUT2D eigenvalue weighted by molar-refractivity contribution is -0.113. The van der Waals surface area contributed by atoms with E-state index in [0.717, 1.165) is 0 Å². The summed E-state index contributed by atoms with van der Waals surface area (Å²) in [6.07, 6.45) is 5.03. The second kappa shape index (κ2) is 6.46. The van der Waals surface area contributed by atoms with Crippen LogP contribution >= 0.6 is 11.8 Å². The monoisotopic (exact) mass is 260 g/mol. The van der Waals surface area contributed by atoms with Crippen LogP contribution in [-0.4, -0.2) is 16.9 Å². The van der Waals surface area contributed by atoms with Gasteiger partial charge in [0.25, 0.3) is 0 Å². The number of nitriles is 1. The van der Waals surface area contributed by atoms with E-state index in [9.17, 15) is 4.79 Å². The Morgan fingerprint density at radius 3 is 2.83 bits per heavy atom. The summed E-state index contributed by atoms with van der Waals surface area (Å²) in [7, 11) is 0. The lowest BCUT2D eigenvalue weighted by atomic mass is 10.2. The highest BCUT2D eigenvalue weighted by molar-refractivity contribution is 8.00. The number of hydrogen-bond acceptors (Lipinski definition) is 3. The average Bonchev–Trinajstić information content (AvgIpc) is 2.90. The molecule has 1 saturated carbocycles. The molecule has 0 unspecified atom stereocenters. The van der Waals surface area contributed by atoms with E-state index in [1.54, 1.807) is 30.0 Å². The SMILES string of the molecule is N#Cc1ccccc1NC(=O)CSC1CCCC1. The van der Waals surface area contributed by atoms with Gasteiger partial charge >= 0.3 is 0 Å². The van der Waals surface area contributed by atoms with Gasteiger partial charge in [0.05, 0.1) is 17.0 Å². The van der Waals surface area contributed by atoms with Gasteiger partial charge in [0.1, 0.15) is 6.07 Å². The standard InChI is InChI=1S/C14H16N2OS/c15-9-11-5-1-4-8-13(11)16-14(17)10-18-12-6-2-3-7-12/h1,4-5,8,12H,2-3,6-7,10H2,(H,16,17). The van der Waals surface area contributed by atoms with Crippen LogP contribution in [-0.2, 0) is 4.79 Å². The number of para-hydroxylation sites is 1. The van der Waals surface area contributed by atoms with Crippen molar-refractivity contribution in [3.8, 4) is 6.07 Å². The maximum atomic E-state index is 11.8. The lowest BCUT2D eigenvalue weighted by Gasteiger charge is -2.09. The summed E-state index contributed by atoms with van der Waals surface area (Å²) in [5.74, 6) is 0.458. The highest BCUT2D eigenvalue weighted by Gasteiger charge is 2.16. The van der Waals surface area contributed by atoms with Gasteiger partial charge in [0, 0.05) is 5.25 Å². The molecule has 1 aliphatic carbocycles. The van der Waals surface area contributed by atoms with E-state index < -0.39 is 0 Å². The first-order chi connectivity index (χ1) is 8.79. The lowest BCUT2D eigenvalue weighted by Crippen LogP contribution is -2.16. The van der Waals surface area contributed by atoms with Gasteiger partial charge < -0.3 is 5.32 Å². The van der Waals surface area contributed by atoms with E-state index in [1.165, 1.54) is 25.7 Å². The van der Waals surface area contributed by atoms with Gasteiger partial charge in [-0.05, 0) is 25.0 Å². The van der Waals surface area contributed by atoms with Gasteiger partial charge in [-0.2, -0.15) is 5.26 Å². The van der Waals surface area contributed by atoms with Gasteiger partial charge in [0.2, 0.25) is 5.91 Å². The Balaban J connectivity index is 1.85. The van der Waals surface area contributed by atoms with Crippen molar-refractivity contribution in [3.05, 3.63) is 29.8 Å². The third-order valence-corrected chi connectivity index (χ3v) is 4.45. The summed E-state index contributed by atoms with van der Waals surface area (Å²) in [5, 5.41) is 12.4. The third-order valence-electron chi connectivity index (χ3n) is 3.07. The second-order valence-corrected chi connectivity index (χ2v) is 5.71. The summed E-state index contributed by atoms with van der Waals surface area (Å²) in [5.41, 5.74) is 1.12. The fourth-order valence-corrected chi connectivity index (χ4v) is 3.25. The average molecular weight is 260 g/mol. The molecule has 0 aliphatic heterocycles. The van der Waals surface area contributed by atoms with Crippen LogP contribution < -0.4 is 5.32 Å². The molecule has 0 radical (unpaired) electrons. The topological polar surface area (TPSA) is 52.9 Å². The van der Waals surface area contributed by atoms with Crippen LogP contribution in [0.2, 0.25) is 0 Å². The number of amides is 1. The number of thioether (sulfide) groups is 1. The number of nitrogens with one attached hydrogen (secondary N) is 1. The van der Waals surface area contributed by atoms with Crippen molar-refractivity contribution in [2.45, 2.75) is 30.9 Å². The molecule has 94 valence electrons. The van der Waals surface area contributed by atoms with Gasteiger partial charge in [0.15, 0.2) is 0 Å². The van der Waals surface area contributed by atoms with Gasteiger partial charge in [-0.25, -0.2) is 0 Å². The maximum absolute atomic E-state index is 11.8. The molecular weight excluding hydrogens is 244 g/mol. The molecule has 1 aliphatic rings. The normalized spacial score (nSPS) is 15.3. The minimum Gasteiger partial charge on any atom is -0.324 e. The molecule has 2 rings (SSSR count). The molecular formula is C14H16N2OS. The molecule has 0 bridgehead atoms. The highest BCUT2D eigenvalue weighted by Crippen LogP contribution is 2.29. The van der Waals surface area contributed by atoms with Crippen molar-refractivity contribution in [3.63, 3.8) is 0 Å². The highest BCUT2D eigenvalue weighted by atomic mass is 32.2. The summed E-state index contributed by atoms with van der Waals surface area (Å²) >= 11 is 1.73. The fraction of sp³-hybridized carbons (Fsp3) is 0.429. The third kappa shape index (κ3) is 3.51. The molecule has 1 fully saturated rings. The quantitative estimate of drug-likeness (QED) is 0.904. The number of anilines is 1. The predicted octanol–water partition coefficient (Wildman–Crippen LogP) is 3.17. The van der Waals surface area contributed by atoms with Crippen LogP contribution in [0.3, 0.4) is 0 Å². The van der Waals surface area contributed by atoms with Gasteiger partial charge in [-0.1, -0.05) is 25.0 Å². The van der Waals surface area contributed by atoms with Crippen LogP contribution in [0.15, 0.2) is 24.3 Å². The zero-order chi connectivity index (χ0) is 12.8. The number of rotatable bonds is 4. The first-order valence-electron chi connectivity index (χ1n) is 6.20. The summed E-state index contributed by atoms with van der Waals surface area (Å²) in [6, 6.07) is 9.16. The second-order valence-electron chi connectivity index (χ2n) is 4.42. The molecule has 0 spiro atoms. The van der Waals surface area contributed by atoms with Crippen molar-refractivity contribution >= 4 is 23.4 Å². The van der Waals surface area contributed by atoms with Crippen molar-refractivity contribution < 1.29 is 4.79 Å². The number of nitrogens with zero attached hydrogens (tertiary/aromatic N) is 1. The Labute approximate surface area is 112 Å². The van der Waals surface area contributed by atoms with Crippen LogP contribution in [0.1, 0.15) is 31.2 Å². The van der Waals surface area contributed by atoms with Crippen molar-refractivity contribution in [2.24, 2.45) is 0 Å². The molecule has 3 nitrogen and oxygen atoms in total. The number of carbonyl (C=O) groups excluding carboxylic acids is 1. The Morgan fingerprint density at radius 2 is 2.11 bits per heavy atom. The van der Waals surface area contributed by atoms with E-state index in [-0.39, 0.29) is 5.91 Å². The Hall–Kier alpha value is -1.47. The fourth-order valence-electron chi connectivity index (χ4n) is 2.12. The van der Waals surface area contributed by atoms with Crippen LogP contribution in [0.25, 0.3) is 0 Å². The molecule has 1 aromatic rings. The number of hydrogen-bond donors (Lipinski definition) is 1. The molecule has 0 aromatic heterocycles. The minimum atomic E-state index is -0.0189. The van der Waals surface area contributed by atoms with Crippen molar-refractivity contribution in [2.75, 3.05) is 11.1 Å². The predicted molar refractivity (Wildman–Crippen MR) is 74.5 cm³/mol. The van der Waals surface area contributed by atoms with Gasteiger partial charge in [-0.15, -0.1) is 11.8 Å².